The van der Waals surface area contributed by atoms with Crippen LogP contribution in [0.5, 0.6) is 0 Å². The SMILES string of the molecule is COC(=O)c1c(NC(=S)Nc2c(F)cc(F)cc2Br)sc(C(=O)N(C)C)c1C. The standard InChI is InChI=1S/C17H16BrF2N3O3S2/c1-7-11(16(25)26-4)14(28-13(7)15(24)23(2)3)22-17(27)21-12-9(18)5-8(19)6-10(12)20/h5-6H,1-4H3,(H2,21,22,27). The van der Waals surface area contributed by atoms with Crippen molar-refractivity contribution in [2.24, 2.45) is 0 Å². The van der Waals surface area contributed by atoms with E-state index < -0.39 is 17.6 Å². The average Bonchev–Trinajstić information content (AvgIpc) is 2.92. The van der Waals surface area contributed by atoms with Crippen LogP contribution in [0.25, 0.3) is 0 Å². The van der Waals surface area contributed by atoms with Gasteiger partial charge in [0, 0.05) is 24.6 Å². The number of nitrogens with zero attached hydrogens (tertiary/aromatic N) is 1. The van der Waals surface area contributed by atoms with Crippen molar-refractivity contribution in [2.75, 3.05) is 31.8 Å². The molecule has 2 aromatic rings. The maximum atomic E-state index is 14.0. The minimum atomic E-state index is -0.852. The van der Waals surface area contributed by atoms with Gasteiger partial charge in [0.2, 0.25) is 0 Å². The topological polar surface area (TPSA) is 70.7 Å². The number of benzene rings is 1. The number of hydrogen-bond donors (Lipinski definition) is 2. The summed E-state index contributed by atoms with van der Waals surface area (Å²) in [5.74, 6) is -2.53. The second kappa shape index (κ2) is 8.93. The third-order valence-corrected chi connectivity index (χ3v) is 5.63. The van der Waals surface area contributed by atoms with Gasteiger partial charge in [-0.25, -0.2) is 13.6 Å². The Balaban J connectivity index is 2.37. The number of rotatable bonds is 4. The van der Waals surface area contributed by atoms with Gasteiger partial charge >= 0.3 is 5.97 Å². The molecular formula is C17H16BrF2N3O3S2. The molecule has 6 nitrogen and oxygen atoms in total. The number of ether oxygens (including phenoxy) is 1. The number of carbonyl (C=O) groups is 2. The first kappa shape index (κ1) is 22.2. The Morgan fingerprint density at radius 1 is 1.25 bits per heavy atom. The number of amides is 1. The van der Waals surface area contributed by atoms with Crippen LogP contribution in [0, 0.1) is 18.6 Å². The molecule has 2 N–H and O–H groups in total. The number of methoxy groups -OCH3 is 1. The Morgan fingerprint density at radius 2 is 1.89 bits per heavy atom. The lowest BCUT2D eigenvalue weighted by Crippen LogP contribution is -2.21. The van der Waals surface area contributed by atoms with Crippen molar-refractivity contribution in [3.8, 4) is 0 Å². The van der Waals surface area contributed by atoms with Crippen LogP contribution in [0.15, 0.2) is 16.6 Å². The summed E-state index contributed by atoms with van der Waals surface area (Å²) < 4.78 is 32.1. The van der Waals surface area contributed by atoms with Crippen LogP contribution in [-0.4, -0.2) is 43.1 Å². The van der Waals surface area contributed by atoms with Gasteiger partial charge in [-0.05, 0) is 46.7 Å². The van der Waals surface area contributed by atoms with Crippen molar-refractivity contribution in [3.63, 3.8) is 0 Å². The van der Waals surface area contributed by atoms with E-state index >= 15 is 0 Å². The van der Waals surface area contributed by atoms with Gasteiger partial charge in [-0.1, -0.05) is 0 Å². The molecule has 1 amide bonds. The molecule has 0 aliphatic carbocycles. The number of esters is 1. The minimum Gasteiger partial charge on any atom is -0.465 e. The molecule has 11 heteroatoms. The van der Waals surface area contributed by atoms with Gasteiger partial charge in [-0.15, -0.1) is 11.3 Å². The zero-order chi connectivity index (χ0) is 21.2. The normalized spacial score (nSPS) is 10.4. The Kier molecular flexibility index (Phi) is 7.07. The molecule has 2 rings (SSSR count). The highest BCUT2D eigenvalue weighted by Gasteiger charge is 2.26. The van der Waals surface area contributed by atoms with Crippen molar-refractivity contribution in [1.29, 1.82) is 0 Å². The summed E-state index contributed by atoms with van der Waals surface area (Å²) >= 11 is 9.26. The van der Waals surface area contributed by atoms with Crippen LogP contribution in [0.2, 0.25) is 0 Å². The predicted molar refractivity (Wildman–Crippen MR) is 112 cm³/mol. The van der Waals surface area contributed by atoms with Crippen molar-refractivity contribution < 1.29 is 23.1 Å². The molecule has 0 spiro atoms. The molecule has 0 aliphatic heterocycles. The van der Waals surface area contributed by atoms with E-state index in [-0.39, 0.29) is 31.7 Å². The molecule has 0 unspecified atom stereocenters. The number of carbonyl (C=O) groups excluding carboxylic acids is 2. The molecule has 0 saturated carbocycles. The summed E-state index contributed by atoms with van der Waals surface area (Å²) in [7, 11) is 4.40. The third-order valence-electron chi connectivity index (χ3n) is 3.61. The van der Waals surface area contributed by atoms with E-state index in [9.17, 15) is 18.4 Å². The molecule has 0 aliphatic rings. The first-order chi connectivity index (χ1) is 13.1. The molecule has 28 heavy (non-hydrogen) atoms. The summed E-state index contributed by atoms with van der Waals surface area (Å²) in [5.41, 5.74) is 0.520. The summed E-state index contributed by atoms with van der Waals surface area (Å²) in [6.45, 7) is 1.62. The van der Waals surface area contributed by atoms with Crippen LogP contribution in [0.1, 0.15) is 25.6 Å². The lowest BCUT2D eigenvalue weighted by atomic mass is 10.1. The van der Waals surface area contributed by atoms with E-state index in [1.807, 2.05) is 0 Å². The quantitative estimate of drug-likeness (QED) is 0.488. The van der Waals surface area contributed by atoms with Crippen LogP contribution in [-0.2, 0) is 4.74 Å². The number of nitrogens with one attached hydrogen (secondary N) is 2. The molecule has 1 aromatic carbocycles. The number of halogens is 3. The Bertz CT molecular complexity index is 940. The average molecular weight is 492 g/mol. The van der Waals surface area contributed by atoms with Crippen molar-refractivity contribution in [1.82, 2.24) is 4.90 Å². The van der Waals surface area contributed by atoms with E-state index in [2.05, 4.69) is 26.6 Å². The Hall–Kier alpha value is -2.11. The minimum absolute atomic E-state index is 0.0542. The zero-order valence-electron chi connectivity index (χ0n) is 15.3. The lowest BCUT2D eigenvalue weighted by Gasteiger charge is -2.13. The van der Waals surface area contributed by atoms with Crippen molar-refractivity contribution in [2.45, 2.75) is 6.92 Å². The number of anilines is 2. The highest BCUT2D eigenvalue weighted by Crippen LogP contribution is 2.35. The first-order valence-electron chi connectivity index (χ1n) is 7.72. The summed E-state index contributed by atoms with van der Waals surface area (Å²) in [6.07, 6.45) is 0. The van der Waals surface area contributed by atoms with Gasteiger partial charge in [0.25, 0.3) is 5.91 Å². The lowest BCUT2D eigenvalue weighted by molar-refractivity contribution is 0.0601. The van der Waals surface area contributed by atoms with Crippen LogP contribution in [0.3, 0.4) is 0 Å². The molecule has 0 saturated heterocycles. The van der Waals surface area contributed by atoms with E-state index in [1.165, 1.54) is 12.0 Å². The molecule has 0 bridgehead atoms. The first-order valence-corrected chi connectivity index (χ1v) is 9.74. The maximum Gasteiger partial charge on any atom is 0.341 e. The number of hydrogen-bond acceptors (Lipinski definition) is 5. The molecule has 0 fully saturated rings. The highest BCUT2D eigenvalue weighted by atomic mass is 79.9. The highest BCUT2D eigenvalue weighted by molar-refractivity contribution is 9.10. The summed E-state index contributed by atoms with van der Waals surface area (Å²) in [6, 6.07) is 1.79. The van der Waals surface area contributed by atoms with Crippen molar-refractivity contribution >= 4 is 67.2 Å². The van der Waals surface area contributed by atoms with Gasteiger partial charge in [-0.2, -0.15) is 0 Å². The van der Waals surface area contributed by atoms with E-state index in [4.69, 9.17) is 17.0 Å². The van der Waals surface area contributed by atoms with Gasteiger partial charge in [-0.3, -0.25) is 4.79 Å². The molecule has 1 aromatic heterocycles. The second-order valence-electron chi connectivity index (χ2n) is 5.78. The molecule has 150 valence electrons. The molecule has 0 radical (unpaired) electrons. The van der Waals surface area contributed by atoms with E-state index in [0.717, 1.165) is 17.4 Å². The summed E-state index contributed by atoms with van der Waals surface area (Å²) in [4.78, 5) is 26.3. The predicted octanol–water partition coefficient (Wildman–Crippen LogP) is 4.39. The monoisotopic (exact) mass is 491 g/mol. The van der Waals surface area contributed by atoms with Crippen LogP contribution in [0.4, 0.5) is 19.5 Å². The van der Waals surface area contributed by atoms with Crippen LogP contribution >= 0.6 is 39.5 Å². The zero-order valence-corrected chi connectivity index (χ0v) is 18.5. The molecule has 0 atom stereocenters. The fraction of sp³-hybridized carbons (Fsp3) is 0.235. The van der Waals surface area contributed by atoms with E-state index in [0.29, 0.717) is 16.5 Å². The second-order valence-corrected chi connectivity index (χ2v) is 8.06. The smallest absolute Gasteiger partial charge is 0.341 e. The maximum absolute atomic E-state index is 14.0. The third kappa shape index (κ3) is 4.65. The van der Waals surface area contributed by atoms with Gasteiger partial charge in [0.05, 0.1) is 23.2 Å². The van der Waals surface area contributed by atoms with Crippen molar-refractivity contribution in [3.05, 3.63) is 44.2 Å². The van der Waals surface area contributed by atoms with Gasteiger partial charge in [0.15, 0.2) is 10.9 Å². The molecule has 1 heterocycles. The molecular weight excluding hydrogens is 476 g/mol. The number of thiophene rings is 1. The van der Waals surface area contributed by atoms with Gasteiger partial charge in [0.1, 0.15) is 10.8 Å². The number of thiocarbonyl (C=S) groups is 1. The Morgan fingerprint density at radius 3 is 2.43 bits per heavy atom. The Labute approximate surface area is 178 Å². The van der Waals surface area contributed by atoms with Crippen LogP contribution < -0.4 is 10.6 Å². The fourth-order valence-electron chi connectivity index (χ4n) is 2.27. The van der Waals surface area contributed by atoms with Gasteiger partial charge < -0.3 is 20.3 Å². The van der Waals surface area contributed by atoms with E-state index in [1.54, 1.807) is 21.0 Å². The fourth-order valence-corrected chi connectivity index (χ4v) is 4.26. The largest absolute Gasteiger partial charge is 0.465 e. The summed E-state index contributed by atoms with van der Waals surface area (Å²) in [5, 5.41) is 5.61.